The van der Waals surface area contributed by atoms with Gasteiger partial charge >= 0.3 is 0 Å². The Balaban J connectivity index is 2.10. The molecule has 0 aliphatic heterocycles. The molecule has 1 aromatic heterocycles. The lowest BCUT2D eigenvalue weighted by molar-refractivity contribution is 0.496. The quantitative estimate of drug-likeness (QED) is 0.745. The number of hydrogen-bond acceptors (Lipinski definition) is 2. The predicted molar refractivity (Wildman–Crippen MR) is 63.9 cm³/mol. The smallest absolute Gasteiger partial charge is 0.0624 e. The van der Waals surface area contributed by atoms with Crippen molar-refractivity contribution < 1.29 is 0 Å². The molecule has 0 spiro atoms. The van der Waals surface area contributed by atoms with E-state index in [1.807, 2.05) is 17.9 Å². The fraction of sp³-hybridized carbons (Fsp3) is 0.750. The lowest BCUT2D eigenvalue weighted by Gasteiger charge is -2.11. The summed E-state index contributed by atoms with van der Waals surface area (Å²) in [5, 5.41) is 7.86. The number of aryl methyl sites for hydroxylation is 2. The maximum Gasteiger partial charge on any atom is 0.0624 e. The Morgan fingerprint density at radius 3 is 2.93 bits per heavy atom. The molecule has 3 nitrogen and oxygen atoms in total. The zero-order valence-corrected chi connectivity index (χ0v) is 10.2. The van der Waals surface area contributed by atoms with Crippen molar-refractivity contribution in [2.24, 2.45) is 7.05 Å². The molecule has 0 saturated heterocycles. The predicted octanol–water partition coefficient (Wildman–Crippen LogP) is 2.13. The molecule has 0 aromatic carbocycles. The third kappa shape index (κ3) is 4.98. The SMILES string of the molecule is CCCNC(C)CCCc1ccn(C)n1. The van der Waals surface area contributed by atoms with Gasteiger partial charge in [0.05, 0.1) is 5.69 Å². The van der Waals surface area contributed by atoms with Crippen LogP contribution in [-0.2, 0) is 13.5 Å². The molecule has 1 atom stereocenters. The largest absolute Gasteiger partial charge is 0.314 e. The lowest BCUT2D eigenvalue weighted by atomic mass is 10.1. The van der Waals surface area contributed by atoms with Gasteiger partial charge in [0.25, 0.3) is 0 Å². The minimum atomic E-state index is 0.633. The van der Waals surface area contributed by atoms with Crippen LogP contribution in [0.4, 0.5) is 0 Å². The van der Waals surface area contributed by atoms with Gasteiger partial charge in [-0.15, -0.1) is 0 Å². The van der Waals surface area contributed by atoms with E-state index in [2.05, 4.69) is 30.3 Å². The molecule has 0 aliphatic rings. The monoisotopic (exact) mass is 209 g/mol. The van der Waals surface area contributed by atoms with Gasteiger partial charge in [-0.25, -0.2) is 0 Å². The van der Waals surface area contributed by atoms with Gasteiger partial charge < -0.3 is 5.32 Å². The van der Waals surface area contributed by atoms with Gasteiger partial charge in [-0.3, -0.25) is 4.68 Å². The molecule has 1 N–H and O–H groups in total. The first kappa shape index (κ1) is 12.2. The van der Waals surface area contributed by atoms with Crippen LogP contribution in [0, 0.1) is 0 Å². The second-order valence-corrected chi connectivity index (χ2v) is 4.23. The Labute approximate surface area is 92.9 Å². The van der Waals surface area contributed by atoms with E-state index in [9.17, 15) is 0 Å². The van der Waals surface area contributed by atoms with E-state index < -0.39 is 0 Å². The molecule has 0 bridgehead atoms. The van der Waals surface area contributed by atoms with E-state index in [4.69, 9.17) is 0 Å². The van der Waals surface area contributed by atoms with Gasteiger partial charge in [-0.2, -0.15) is 5.10 Å². The van der Waals surface area contributed by atoms with Crippen LogP contribution < -0.4 is 5.32 Å². The summed E-state index contributed by atoms with van der Waals surface area (Å²) >= 11 is 0. The Hall–Kier alpha value is -0.830. The molecule has 3 heteroatoms. The molecular formula is C12H23N3. The number of hydrogen-bond donors (Lipinski definition) is 1. The Morgan fingerprint density at radius 2 is 2.33 bits per heavy atom. The van der Waals surface area contributed by atoms with Gasteiger partial charge in [-0.1, -0.05) is 6.92 Å². The van der Waals surface area contributed by atoms with E-state index in [1.54, 1.807) is 0 Å². The number of nitrogens with one attached hydrogen (secondary N) is 1. The van der Waals surface area contributed by atoms with Gasteiger partial charge in [0.1, 0.15) is 0 Å². The summed E-state index contributed by atoms with van der Waals surface area (Å²) in [5.41, 5.74) is 1.21. The molecule has 1 unspecified atom stereocenters. The summed E-state index contributed by atoms with van der Waals surface area (Å²) < 4.78 is 1.87. The third-order valence-electron chi connectivity index (χ3n) is 2.58. The molecule has 1 rings (SSSR count). The molecule has 0 amide bonds. The van der Waals surface area contributed by atoms with Crippen molar-refractivity contribution in [2.45, 2.75) is 45.6 Å². The summed E-state index contributed by atoms with van der Waals surface area (Å²) in [5.74, 6) is 0. The van der Waals surface area contributed by atoms with E-state index >= 15 is 0 Å². The van der Waals surface area contributed by atoms with Crippen molar-refractivity contribution in [1.29, 1.82) is 0 Å². The minimum absolute atomic E-state index is 0.633. The van der Waals surface area contributed by atoms with Crippen LogP contribution in [0.1, 0.15) is 38.8 Å². The molecule has 0 saturated carbocycles. The Kier molecular flexibility index (Phi) is 5.40. The molecule has 0 aliphatic carbocycles. The summed E-state index contributed by atoms with van der Waals surface area (Å²) in [6, 6.07) is 2.73. The number of rotatable bonds is 7. The molecular weight excluding hydrogens is 186 g/mol. The first-order valence-corrected chi connectivity index (χ1v) is 5.94. The summed E-state index contributed by atoms with van der Waals surface area (Å²) in [6.45, 7) is 5.59. The van der Waals surface area contributed by atoms with Gasteiger partial charge in [0.15, 0.2) is 0 Å². The second-order valence-electron chi connectivity index (χ2n) is 4.23. The van der Waals surface area contributed by atoms with Crippen LogP contribution in [0.15, 0.2) is 12.3 Å². The first-order chi connectivity index (χ1) is 7.22. The van der Waals surface area contributed by atoms with Crippen LogP contribution >= 0.6 is 0 Å². The van der Waals surface area contributed by atoms with Gasteiger partial charge in [-0.05, 0) is 45.2 Å². The van der Waals surface area contributed by atoms with Crippen molar-refractivity contribution in [1.82, 2.24) is 15.1 Å². The Bertz CT molecular complexity index is 268. The van der Waals surface area contributed by atoms with Crippen molar-refractivity contribution in [3.63, 3.8) is 0 Å². The fourth-order valence-corrected chi connectivity index (χ4v) is 1.68. The van der Waals surface area contributed by atoms with Gasteiger partial charge in [0, 0.05) is 19.3 Å². The average Bonchev–Trinajstić information content (AvgIpc) is 2.61. The average molecular weight is 209 g/mol. The second kappa shape index (κ2) is 6.62. The van der Waals surface area contributed by atoms with Crippen molar-refractivity contribution in [3.8, 4) is 0 Å². The number of nitrogens with zero attached hydrogens (tertiary/aromatic N) is 2. The van der Waals surface area contributed by atoms with E-state index in [0.717, 1.165) is 13.0 Å². The molecule has 1 aromatic rings. The van der Waals surface area contributed by atoms with E-state index in [0.29, 0.717) is 6.04 Å². The Morgan fingerprint density at radius 1 is 1.53 bits per heavy atom. The molecule has 15 heavy (non-hydrogen) atoms. The van der Waals surface area contributed by atoms with Crippen molar-refractivity contribution in [2.75, 3.05) is 6.54 Å². The summed E-state index contributed by atoms with van der Waals surface area (Å²) in [7, 11) is 1.97. The highest BCUT2D eigenvalue weighted by Crippen LogP contribution is 2.04. The third-order valence-corrected chi connectivity index (χ3v) is 2.58. The molecule has 0 fully saturated rings. The topological polar surface area (TPSA) is 29.9 Å². The highest BCUT2D eigenvalue weighted by molar-refractivity contribution is 4.98. The standard InChI is InChI=1S/C12H23N3/c1-4-9-13-11(2)6-5-7-12-8-10-15(3)14-12/h8,10-11,13H,4-7,9H2,1-3H3. The molecule has 86 valence electrons. The van der Waals surface area contributed by atoms with Gasteiger partial charge in [0.2, 0.25) is 0 Å². The van der Waals surface area contributed by atoms with Crippen LogP contribution in [-0.4, -0.2) is 22.4 Å². The highest BCUT2D eigenvalue weighted by Gasteiger charge is 2.01. The minimum Gasteiger partial charge on any atom is -0.314 e. The molecule has 1 heterocycles. The maximum atomic E-state index is 4.37. The zero-order valence-electron chi connectivity index (χ0n) is 10.2. The van der Waals surface area contributed by atoms with Crippen molar-refractivity contribution in [3.05, 3.63) is 18.0 Å². The van der Waals surface area contributed by atoms with Crippen LogP contribution in [0.2, 0.25) is 0 Å². The number of aromatic nitrogens is 2. The lowest BCUT2D eigenvalue weighted by Crippen LogP contribution is -2.26. The van der Waals surface area contributed by atoms with Crippen LogP contribution in [0.5, 0.6) is 0 Å². The zero-order chi connectivity index (χ0) is 11.1. The molecule has 0 radical (unpaired) electrons. The first-order valence-electron chi connectivity index (χ1n) is 5.94. The van der Waals surface area contributed by atoms with Crippen LogP contribution in [0.25, 0.3) is 0 Å². The van der Waals surface area contributed by atoms with Crippen LogP contribution in [0.3, 0.4) is 0 Å². The fourth-order valence-electron chi connectivity index (χ4n) is 1.68. The highest BCUT2D eigenvalue weighted by atomic mass is 15.2. The van der Waals surface area contributed by atoms with Crippen molar-refractivity contribution >= 4 is 0 Å². The summed E-state index contributed by atoms with van der Waals surface area (Å²) in [4.78, 5) is 0. The summed E-state index contributed by atoms with van der Waals surface area (Å²) in [6.07, 6.45) is 6.77. The van der Waals surface area contributed by atoms with E-state index in [-0.39, 0.29) is 0 Å². The van der Waals surface area contributed by atoms with E-state index in [1.165, 1.54) is 25.0 Å². The maximum absolute atomic E-state index is 4.37. The normalized spacial score (nSPS) is 13.0.